The van der Waals surface area contributed by atoms with Gasteiger partial charge < -0.3 is 9.26 Å². The number of hydrogen-bond donors (Lipinski definition) is 0. The quantitative estimate of drug-likeness (QED) is 0.799. The Hall–Kier alpha value is -1.89. The molecule has 0 saturated carbocycles. The lowest BCUT2D eigenvalue weighted by Gasteiger charge is -2.27. The van der Waals surface area contributed by atoms with E-state index in [1.807, 2.05) is 0 Å². The highest BCUT2D eigenvalue weighted by molar-refractivity contribution is 5.94. The normalized spacial score (nSPS) is 15.1. The van der Waals surface area contributed by atoms with Crippen molar-refractivity contribution in [2.24, 2.45) is 0 Å². The number of ether oxygens (including phenoxy) is 1. The van der Waals surface area contributed by atoms with Gasteiger partial charge in [-0.05, 0) is 13.3 Å². The van der Waals surface area contributed by atoms with Crippen molar-refractivity contribution >= 4 is 11.8 Å². The Labute approximate surface area is 111 Å². The third-order valence-corrected chi connectivity index (χ3v) is 2.92. The molecule has 7 heteroatoms. The van der Waals surface area contributed by atoms with Crippen molar-refractivity contribution in [2.75, 3.05) is 26.8 Å². The number of methoxy groups -OCH3 is 1. The molecule has 0 unspecified atom stereocenters. The molecule has 0 spiro atoms. The fourth-order valence-corrected chi connectivity index (χ4v) is 2.00. The molecule has 0 aliphatic carbocycles. The Kier molecular flexibility index (Phi) is 4.16. The largest absolute Gasteiger partial charge is 0.384 e. The summed E-state index contributed by atoms with van der Waals surface area (Å²) in [4.78, 5) is 24.2. The van der Waals surface area contributed by atoms with E-state index in [0.717, 1.165) is 6.42 Å². The maximum absolute atomic E-state index is 12.2. The molecule has 0 bridgehead atoms. The van der Waals surface area contributed by atoms with Crippen LogP contribution in [0.25, 0.3) is 0 Å². The van der Waals surface area contributed by atoms with E-state index in [2.05, 4.69) is 5.16 Å². The van der Waals surface area contributed by atoms with Crippen LogP contribution in [0, 0.1) is 6.92 Å². The van der Waals surface area contributed by atoms with Crippen LogP contribution in [0.5, 0.6) is 0 Å². The van der Waals surface area contributed by atoms with Gasteiger partial charge in [0, 0.05) is 26.3 Å². The summed E-state index contributed by atoms with van der Waals surface area (Å²) in [6, 6.07) is 1.57. The van der Waals surface area contributed by atoms with Crippen LogP contribution in [-0.2, 0) is 9.53 Å². The van der Waals surface area contributed by atoms with Crippen LogP contribution in [0.1, 0.15) is 29.1 Å². The van der Waals surface area contributed by atoms with Gasteiger partial charge in [-0.25, -0.2) is 5.01 Å². The Bertz CT molecular complexity index is 471. The second-order valence-corrected chi connectivity index (χ2v) is 4.36. The smallest absolute Gasteiger partial charge is 0.294 e. The zero-order valence-electron chi connectivity index (χ0n) is 11.1. The molecule has 1 saturated heterocycles. The summed E-state index contributed by atoms with van der Waals surface area (Å²) in [6.45, 7) is 3.13. The monoisotopic (exact) mass is 267 g/mol. The van der Waals surface area contributed by atoms with Crippen LogP contribution in [-0.4, -0.2) is 53.8 Å². The van der Waals surface area contributed by atoms with Gasteiger partial charge in [-0.2, -0.15) is 0 Å². The van der Waals surface area contributed by atoms with Crippen LogP contribution in [0.4, 0.5) is 0 Å². The van der Waals surface area contributed by atoms with E-state index in [0.29, 0.717) is 25.5 Å². The number of aromatic nitrogens is 1. The second-order valence-electron chi connectivity index (χ2n) is 4.36. The van der Waals surface area contributed by atoms with Crippen molar-refractivity contribution in [2.45, 2.75) is 19.8 Å². The van der Waals surface area contributed by atoms with E-state index >= 15 is 0 Å². The van der Waals surface area contributed by atoms with Gasteiger partial charge in [0.2, 0.25) is 5.91 Å². The highest BCUT2D eigenvalue weighted by atomic mass is 16.5. The third-order valence-electron chi connectivity index (χ3n) is 2.92. The number of amides is 2. The highest BCUT2D eigenvalue weighted by Gasteiger charge is 2.32. The fourth-order valence-electron chi connectivity index (χ4n) is 2.00. The molecule has 0 radical (unpaired) electrons. The van der Waals surface area contributed by atoms with Gasteiger partial charge in [0.25, 0.3) is 5.91 Å². The van der Waals surface area contributed by atoms with E-state index in [9.17, 15) is 9.59 Å². The van der Waals surface area contributed by atoms with Gasteiger partial charge >= 0.3 is 0 Å². The van der Waals surface area contributed by atoms with Crippen molar-refractivity contribution in [3.8, 4) is 0 Å². The topological polar surface area (TPSA) is 75.9 Å². The van der Waals surface area contributed by atoms with Crippen LogP contribution in [0.15, 0.2) is 10.6 Å². The molecule has 0 atom stereocenters. The Morgan fingerprint density at radius 3 is 2.79 bits per heavy atom. The van der Waals surface area contributed by atoms with Crippen LogP contribution in [0.2, 0.25) is 0 Å². The minimum Gasteiger partial charge on any atom is -0.384 e. The van der Waals surface area contributed by atoms with E-state index in [1.165, 1.54) is 10.0 Å². The molecule has 7 nitrogen and oxygen atoms in total. The molecule has 1 fully saturated rings. The standard InChI is InChI=1S/C12H17N3O4/c1-9-8-10(13-19-9)12(17)15-6-3-5-14(15)11(16)4-7-18-2/h8H,3-7H2,1-2H3. The molecule has 1 aliphatic rings. The average Bonchev–Trinajstić information content (AvgIpc) is 3.03. The first-order chi connectivity index (χ1) is 9.13. The minimum absolute atomic E-state index is 0.118. The molecule has 19 heavy (non-hydrogen) atoms. The number of hydrogen-bond acceptors (Lipinski definition) is 5. The van der Waals surface area contributed by atoms with Crippen molar-refractivity contribution in [3.05, 3.63) is 17.5 Å². The number of carbonyl (C=O) groups excluding carboxylic acids is 2. The fraction of sp³-hybridized carbons (Fsp3) is 0.583. The van der Waals surface area contributed by atoms with Gasteiger partial charge in [0.1, 0.15) is 5.76 Å². The summed E-state index contributed by atoms with van der Waals surface area (Å²) in [7, 11) is 1.54. The van der Waals surface area contributed by atoms with Crippen molar-refractivity contribution in [3.63, 3.8) is 0 Å². The van der Waals surface area contributed by atoms with Gasteiger partial charge in [-0.15, -0.1) is 0 Å². The molecule has 2 heterocycles. The zero-order valence-corrected chi connectivity index (χ0v) is 11.1. The molecule has 2 rings (SSSR count). The van der Waals surface area contributed by atoms with E-state index in [-0.39, 0.29) is 23.9 Å². The Balaban J connectivity index is 2.06. The summed E-state index contributed by atoms with van der Waals surface area (Å²) in [6.07, 6.45) is 1.03. The van der Waals surface area contributed by atoms with Crippen molar-refractivity contribution in [1.29, 1.82) is 0 Å². The maximum atomic E-state index is 12.2. The van der Waals surface area contributed by atoms with Gasteiger partial charge in [0.15, 0.2) is 5.69 Å². The Morgan fingerprint density at radius 1 is 1.42 bits per heavy atom. The zero-order chi connectivity index (χ0) is 13.8. The predicted octanol–water partition coefficient (Wildman–Crippen LogP) is 0.609. The molecular formula is C12H17N3O4. The predicted molar refractivity (Wildman–Crippen MR) is 65.1 cm³/mol. The first-order valence-corrected chi connectivity index (χ1v) is 6.18. The van der Waals surface area contributed by atoms with Crippen LogP contribution < -0.4 is 0 Å². The minimum atomic E-state index is -0.305. The van der Waals surface area contributed by atoms with Crippen LogP contribution >= 0.6 is 0 Å². The molecule has 1 aromatic heterocycles. The summed E-state index contributed by atoms with van der Waals surface area (Å²) in [5.41, 5.74) is 0.226. The lowest BCUT2D eigenvalue weighted by molar-refractivity contribution is -0.141. The van der Waals surface area contributed by atoms with Gasteiger partial charge in [-0.1, -0.05) is 5.16 Å². The summed E-state index contributed by atoms with van der Waals surface area (Å²) >= 11 is 0. The molecule has 1 aliphatic heterocycles. The summed E-state index contributed by atoms with van der Waals surface area (Å²) in [5.74, 6) is 0.146. The first-order valence-electron chi connectivity index (χ1n) is 6.18. The van der Waals surface area contributed by atoms with E-state index in [4.69, 9.17) is 9.26 Å². The molecule has 0 N–H and O–H groups in total. The SMILES string of the molecule is COCCC(=O)N1CCCN1C(=O)c1cc(C)on1. The number of hydrazine groups is 1. The van der Waals surface area contributed by atoms with Crippen LogP contribution in [0.3, 0.4) is 0 Å². The molecule has 1 aromatic rings. The second kappa shape index (κ2) is 5.83. The van der Waals surface area contributed by atoms with E-state index < -0.39 is 0 Å². The summed E-state index contributed by atoms with van der Waals surface area (Å²) in [5, 5.41) is 6.58. The number of aryl methyl sites for hydroxylation is 1. The number of carbonyl (C=O) groups is 2. The van der Waals surface area contributed by atoms with Crippen molar-refractivity contribution < 1.29 is 18.8 Å². The molecule has 0 aromatic carbocycles. The lowest BCUT2D eigenvalue weighted by atomic mass is 10.3. The maximum Gasteiger partial charge on any atom is 0.294 e. The van der Waals surface area contributed by atoms with Crippen molar-refractivity contribution in [1.82, 2.24) is 15.2 Å². The highest BCUT2D eigenvalue weighted by Crippen LogP contribution is 2.16. The van der Waals surface area contributed by atoms with E-state index in [1.54, 1.807) is 20.1 Å². The number of nitrogens with zero attached hydrogens (tertiary/aromatic N) is 3. The van der Waals surface area contributed by atoms with Gasteiger partial charge in [-0.3, -0.25) is 14.6 Å². The third kappa shape index (κ3) is 2.93. The summed E-state index contributed by atoms with van der Waals surface area (Å²) < 4.78 is 9.76. The lowest BCUT2D eigenvalue weighted by Crippen LogP contribution is -2.45. The molecular weight excluding hydrogens is 250 g/mol. The average molecular weight is 267 g/mol. The Morgan fingerprint density at radius 2 is 2.16 bits per heavy atom. The first kappa shape index (κ1) is 13.5. The molecule has 104 valence electrons. The molecule has 2 amide bonds. The number of rotatable bonds is 4. The van der Waals surface area contributed by atoms with Gasteiger partial charge in [0.05, 0.1) is 13.0 Å².